The molecule has 0 saturated heterocycles. The standard InChI is InChI=1S/C14H24O/c1-14(2,3)11-8-7-10-5-4-6-12(10)13(15)9-11/h10-12H,4-9H2,1-3H3/t10-,11-,12+/m0/s1. The molecule has 0 heterocycles. The van der Waals surface area contributed by atoms with Crippen molar-refractivity contribution in [2.24, 2.45) is 23.2 Å². The number of hydrogen-bond donors (Lipinski definition) is 0. The molecule has 0 bridgehead atoms. The maximum Gasteiger partial charge on any atom is 0.136 e. The number of hydrogen-bond acceptors (Lipinski definition) is 1. The van der Waals surface area contributed by atoms with E-state index in [9.17, 15) is 4.79 Å². The molecule has 0 unspecified atom stereocenters. The van der Waals surface area contributed by atoms with Gasteiger partial charge in [0.1, 0.15) is 5.78 Å². The molecule has 0 radical (unpaired) electrons. The summed E-state index contributed by atoms with van der Waals surface area (Å²) in [7, 11) is 0. The second kappa shape index (κ2) is 3.92. The van der Waals surface area contributed by atoms with Gasteiger partial charge in [-0.25, -0.2) is 0 Å². The Kier molecular flexibility index (Phi) is 2.92. The minimum Gasteiger partial charge on any atom is -0.299 e. The monoisotopic (exact) mass is 208 g/mol. The van der Waals surface area contributed by atoms with E-state index in [4.69, 9.17) is 0 Å². The molecular weight excluding hydrogens is 184 g/mol. The second-order valence-electron chi connectivity index (χ2n) is 6.61. The Morgan fingerprint density at radius 1 is 1.07 bits per heavy atom. The highest BCUT2D eigenvalue weighted by molar-refractivity contribution is 5.82. The van der Waals surface area contributed by atoms with Gasteiger partial charge in [0.05, 0.1) is 0 Å². The Morgan fingerprint density at radius 3 is 2.47 bits per heavy atom. The molecular formula is C14H24O. The Bertz CT molecular complexity index is 249. The lowest BCUT2D eigenvalue weighted by atomic mass is 9.76. The van der Waals surface area contributed by atoms with Gasteiger partial charge in [-0.15, -0.1) is 0 Å². The van der Waals surface area contributed by atoms with E-state index in [2.05, 4.69) is 20.8 Å². The largest absolute Gasteiger partial charge is 0.299 e. The Balaban J connectivity index is 2.09. The number of fused-ring (bicyclic) bond motifs is 1. The van der Waals surface area contributed by atoms with Gasteiger partial charge in [-0.3, -0.25) is 4.79 Å². The summed E-state index contributed by atoms with van der Waals surface area (Å²) in [5.41, 5.74) is 0.314. The predicted octanol–water partition coefficient (Wildman–Crippen LogP) is 3.82. The minimum atomic E-state index is 0.314. The highest BCUT2D eigenvalue weighted by Crippen LogP contribution is 2.44. The minimum absolute atomic E-state index is 0.314. The highest BCUT2D eigenvalue weighted by atomic mass is 16.1. The summed E-state index contributed by atoms with van der Waals surface area (Å²) in [6, 6.07) is 0. The number of Topliss-reactive ketones (excluding diaryl/α,β-unsaturated/α-hetero) is 1. The molecule has 2 aliphatic carbocycles. The number of carbonyl (C=O) groups excluding carboxylic acids is 1. The number of carbonyl (C=O) groups is 1. The zero-order chi connectivity index (χ0) is 11.1. The molecule has 15 heavy (non-hydrogen) atoms. The van der Waals surface area contributed by atoms with Crippen molar-refractivity contribution in [2.45, 2.75) is 59.3 Å². The third kappa shape index (κ3) is 2.26. The van der Waals surface area contributed by atoms with Gasteiger partial charge in [0.25, 0.3) is 0 Å². The van der Waals surface area contributed by atoms with Gasteiger partial charge in [0.15, 0.2) is 0 Å². The summed E-state index contributed by atoms with van der Waals surface area (Å²) in [6.45, 7) is 6.85. The Labute approximate surface area is 93.6 Å². The molecule has 0 aromatic rings. The van der Waals surface area contributed by atoms with Crippen molar-refractivity contribution >= 4 is 5.78 Å². The van der Waals surface area contributed by atoms with Gasteiger partial charge in [0, 0.05) is 12.3 Å². The van der Waals surface area contributed by atoms with Crippen molar-refractivity contribution in [3.05, 3.63) is 0 Å². The maximum absolute atomic E-state index is 12.2. The molecule has 0 spiro atoms. The predicted molar refractivity (Wildman–Crippen MR) is 62.6 cm³/mol. The van der Waals surface area contributed by atoms with Crippen LogP contribution in [0.25, 0.3) is 0 Å². The lowest BCUT2D eigenvalue weighted by Gasteiger charge is -2.29. The first kappa shape index (κ1) is 11.2. The molecule has 0 N–H and O–H groups in total. The van der Waals surface area contributed by atoms with Crippen molar-refractivity contribution in [2.75, 3.05) is 0 Å². The van der Waals surface area contributed by atoms with Crippen LogP contribution in [0.5, 0.6) is 0 Å². The zero-order valence-electron chi connectivity index (χ0n) is 10.4. The fourth-order valence-corrected chi connectivity index (χ4v) is 3.46. The molecule has 86 valence electrons. The summed E-state index contributed by atoms with van der Waals surface area (Å²) in [5, 5.41) is 0. The highest BCUT2D eigenvalue weighted by Gasteiger charge is 2.39. The van der Waals surface area contributed by atoms with Crippen molar-refractivity contribution in [1.82, 2.24) is 0 Å². The molecule has 0 amide bonds. The average Bonchev–Trinajstić information content (AvgIpc) is 2.52. The van der Waals surface area contributed by atoms with Crippen LogP contribution in [-0.2, 0) is 4.79 Å². The number of ketones is 1. The van der Waals surface area contributed by atoms with Gasteiger partial charge in [-0.05, 0) is 42.9 Å². The van der Waals surface area contributed by atoms with Crippen molar-refractivity contribution < 1.29 is 4.79 Å². The van der Waals surface area contributed by atoms with Crippen LogP contribution in [0.4, 0.5) is 0 Å². The molecule has 2 rings (SSSR count). The Hall–Kier alpha value is -0.330. The van der Waals surface area contributed by atoms with Gasteiger partial charge < -0.3 is 0 Å². The van der Waals surface area contributed by atoms with E-state index in [-0.39, 0.29) is 0 Å². The van der Waals surface area contributed by atoms with E-state index in [0.717, 1.165) is 12.3 Å². The van der Waals surface area contributed by atoms with Crippen LogP contribution in [0.3, 0.4) is 0 Å². The first-order chi connectivity index (χ1) is 6.98. The van der Waals surface area contributed by atoms with Crippen LogP contribution < -0.4 is 0 Å². The van der Waals surface area contributed by atoms with Crippen LogP contribution in [0.15, 0.2) is 0 Å². The SMILES string of the molecule is CC(C)(C)[C@H]1CC[C@@H]2CCC[C@H]2C(=O)C1. The van der Waals surface area contributed by atoms with Crippen LogP contribution in [0.1, 0.15) is 59.3 Å². The van der Waals surface area contributed by atoms with E-state index in [0.29, 0.717) is 23.0 Å². The third-order valence-corrected chi connectivity index (χ3v) is 4.63. The van der Waals surface area contributed by atoms with Crippen LogP contribution in [0.2, 0.25) is 0 Å². The van der Waals surface area contributed by atoms with Gasteiger partial charge in [0.2, 0.25) is 0 Å². The maximum atomic E-state index is 12.2. The molecule has 1 nitrogen and oxygen atoms in total. The summed E-state index contributed by atoms with van der Waals surface area (Å²) >= 11 is 0. The zero-order valence-corrected chi connectivity index (χ0v) is 10.4. The molecule has 0 aromatic carbocycles. The van der Waals surface area contributed by atoms with Gasteiger partial charge in [-0.1, -0.05) is 27.2 Å². The summed E-state index contributed by atoms with van der Waals surface area (Å²) in [6.07, 6.45) is 7.22. The van der Waals surface area contributed by atoms with Gasteiger partial charge >= 0.3 is 0 Å². The normalized spacial score (nSPS) is 37.5. The van der Waals surface area contributed by atoms with Crippen LogP contribution in [0, 0.1) is 23.2 Å². The van der Waals surface area contributed by atoms with Crippen LogP contribution >= 0.6 is 0 Å². The molecule has 3 atom stereocenters. The molecule has 2 aliphatic rings. The summed E-state index contributed by atoms with van der Waals surface area (Å²) < 4.78 is 0. The van der Waals surface area contributed by atoms with Crippen molar-refractivity contribution in [3.8, 4) is 0 Å². The lowest BCUT2D eigenvalue weighted by Crippen LogP contribution is -2.23. The topological polar surface area (TPSA) is 17.1 Å². The molecule has 2 saturated carbocycles. The van der Waals surface area contributed by atoms with E-state index in [1.807, 2.05) is 0 Å². The summed E-state index contributed by atoms with van der Waals surface area (Å²) in [5.74, 6) is 2.38. The van der Waals surface area contributed by atoms with E-state index in [1.165, 1.54) is 32.1 Å². The first-order valence-electron chi connectivity index (χ1n) is 6.51. The third-order valence-electron chi connectivity index (χ3n) is 4.63. The van der Waals surface area contributed by atoms with Gasteiger partial charge in [-0.2, -0.15) is 0 Å². The van der Waals surface area contributed by atoms with E-state index < -0.39 is 0 Å². The number of rotatable bonds is 0. The fourth-order valence-electron chi connectivity index (χ4n) is 3.46. The molecule has 1 heteroatoms. The summed E-state index contributed by atoms with van der Waals surface area (Å²) in [4.78, 5) is 12.2. The second-order valence-corrected chi connectivity index (χ2v) is 6.61. The van der Waals surface area contributed by atoms with Crippen LogP contribution in [-0.4, -0.2) is 5.78 Å². The van der Waals surface area contributed by atoms with Crippen molar-refractivity contribution in [3.63, 3.8) is 0 Å². The van der Waals surface area contributed by atoms with E-state index in [1.54, 1.807) is 0 Å². The average molecular weight is 208 g/mol. The molecule has 2 fully saturated rings. The van der Waals surface area contributed by atoms with Crippen molar-refractivity contribution in [1.29, 1.82) is 0 Å². The quantitative estimate of drug-likeness (QED) is 0.591. The Morgan fingerprint density at radius 2 is 1.80 bits per heavy atom. The fraction of sp³-hybridized carbons (Fsp3) is 0.929. The smallest absolute Gasteiger partial charge is 0.136 e. The molecule has 0 aromatic heterocycles. The molecule has 0 aliphatic heterocycles. The first-order valence-corrected chi connectivity index (χ1v) is 6.51. The lowest BCUT2D eigenvalue weighted by molar-refractivity contribution is -0.124. The van der Waals surface area contributed by atoms with E-state index >= 15 is 0 Å².